The van der Waals surface area contributed by atoms with Crippen LogP contribution in [0.4, 0.5) is 0 Å². The van der Waals surface area contributed by atoms with Gasteiger partial charge in [-0.3, -0.25) is 5.32 Å². The van der Waals surface area contributed by atoms with Crippen LogP contribution in [0.3, 0.4) is 0 Å². The maximum absolute atomic E-state index is 6.17. The quantitative estimate of drug-likeness (QED) is 0.671. The second-order valence-corrected chi connectivity index (χ2v) is 7.67. The normalized spacial score (nSPS) is 24.5. The van der Waals surface area contributed by atoms with E-state index >= 15 is 0 Å². The Morgan fingerprint density at radius 1 is 1.14 bits per heavy atom. The molecule has 7 heteroatoms. The third kappa shape index (κ3) is 3.94. The van der Waals surface area contributed by atoms with Crippen LogP contribution in [0, 0.1) is 13.8 Å². The number of aromatic nitrogens is 4. The summed E-state index contributed by atoms with van der Waals surface area (Å²) in [4.78, 5) is 0. The molecule has 0 radical (unpaired) electrons. The molecule has 1 aromatic heterocycles. The van der Waals surface area contributed by atoms with Crippen molar-refractivity contribution in [3.05, 3.63) is 77.1 Å². The van der Waals surface area contributed by atoms with Gasteiger partial charge >= 0.3 is 0 Å². The van der Waals surface area contributed by atoms with Gasteiger partial charge in [0.2, 0.25) is 0 Å². The van der Waals surface area contributed by atoms with Crippen molar-refractivity contribution in [1.29, 1.82) is 0 Å². The Morgan fingerprint density at radius 2 is 1.90 bits per heavy atom. The lowest BCUT2D eigenvalue weighted by Crippen LogP contribution is -2.63. The fourth-order valence-electron chi connectivity index (χ4n) is 4.18. The van der Waals surface area contributed by atoms with Gasteiger partial charge < -0.3 is 10.1 Å². The van der Waals surface area contributed by atoms with Crippen molar-refractivity contribution in [2.45, 2.75) is 44.6 Å². The van der Waals surface area contributed by atoms with Crippen LogP contribution in [0.25, 0.3) is 0 Å². The van der Waals surface area contributed by atoms with Gasteiger partial charge in [-0.05, 0) is 36.3 Å². The summed E-state index contributed by atoms with van der Waals surface area (Å²) in [6, 6.07) is 19.1. The number of methoxy groups -OCH3 is 1. The zero-order valence-electron chi connectivity index (χ0n) is 17.2. The number of rotatable bonds is 6. The zero-order chi connectivity index (χ0) is 20.3. The molecule has 0 aliphatic carbocycles. The van der Waals surface area contributed by atoms with E-state index < -0.39 is 5.72 Å². The number of piperidine rings is 1. The molecule has 7 nitrogen and oxygen atoms in total. The molecule has 29 heavy (non-hydrogen) atoms. The van der Waals surface area contributed by atoms with Crippen molar-refractivity contribution >= 4 is 0 Å². The Balaban J connectivity index is 1.64. The molecule has 1 aliphatic heterocycles. The summed E-state index contributed by atoms with van der Waals surface area (Å²) in [5.74, 6) is 0.818. The molecule has 0 bridgehead atoms. The average molecular weight is 393 g/mol. The number of ether oxygens (including phenoxy) is 1. The maximum atomic E-state index is 6.17. The largest absolute Gasteiger partial charge is 0.358 e. The first-order valence-corrected chi connectivity index (χ1v) is 10.0. The van der Waals surface area contributed by atoms with Gasteiger partial charge in [-0.25, -0.2) is 4.68 Å². The summed E-state index contributed by atoms with van der Waals surface area (Å²) in [6.07, 6.45) is 0.841. The summed E-state index contributed by atoms with van der Waals surface area (Å²) >= 11 is 0. The van der Waals surface area contributed by atoms with Gasteiger partial charge in [-0.1, -0.05) is 60.2 Å². The minimum atomic E-state index is -0.624. The lowest BCUT2D eigenvalue weighted by Gasteiger charge is -2.47. The second kappa shape index (κ2) is 8.41. The summed E-state index contributed by atoms with van der Waals surface area (Å²) in [5, 5.41) is 19.5. The molecule has 0 saturated carbocycles. The Bertz CT molecular complexity index is 926. The standard InChI is InChI=1S/C22H28N6O/c1-16-9-11-19(12-10-16)22(29-3)21(23-14-18-7-5-4-6-8-18)13-20(15-24-22)28-17(2)25-26-27-28/h4-12,20-21,23-24H,13-15H2,1-3H3/t20?,21-,22+/m1/s1. The lowest BCUT2D eigenvalue weighted by molar-refractivity contribution is -0.0990. The molecule has 3 atom stereocenters. The maximum Gasteiger partial charge on any atom is 0.160 e. The van der Waals surface area contributed by atoms with E-state index in [0.29, 0.717) is 0 Å². The molecule has 4 rings (SSSR count). The van der Waals surface area contributed by atoms with Crippen LogP contribution in [-0.4, -0.2) is 39.9 Å². The monoisotopic (exact) mass is 392 g/mol. The van der Waals surface area contributed by atoms with Crippen LogP contribution in [0.5, 0.6) is 0 Å². The molecular weight excluding hydrogens is 364 g/mol. The number of nitrogens with one attached hydrogen (secondary N) is 2. The van der Waals surface area contributed by atoms with E-state index in [-0.39, 0.29) is 12.1 Å². The first-order chi connectivity index (χ1) is 14.1. The summed E-state index contributed by atoms with van der Waals surface area (Å²) < 4.78 is 8.07. The highest BCUT2D eigenvalue weighted by atomic mass is 16.5. The molecule has 0 amide bonds. The Labute approximate surface area is 171 Å². The van der Waals surface area contributed by atoms with Crippen LogP contribution in [0.15, 0.2) is 54.6 Å². The summed E-state index contributed by atoms with van der Waals surface area (Å²) in [6.45, 7) is 5.51. The highest BCUT2D eigenvalue weighted by molar-refractivity contribution is 5.29. The van der Waals surface area contributed by atoms with Crippen LogP contribution < -0.4 is 10.6 Å². The van der Waals surface area contributed by atoms with Gasteiger partial charge in [0, 0.05) is 25.8 Å². The Kier molecular flexibility index (Phi) is 5.71. The predicted octanol–water partition coefficient (Wildman–Crippen LogP) is 2.48. The molecule has 1 unspecified atom stereocenters. The van der Waals surface area contributed by atoms with Crippen molar-refractivity contribution in [3.8, 4) is 0 Å². The molecule has 1 saturated heterocycles. The van der Waals surface area contributed by atoms with Gasteiger partial charge in [0.05, 0.1) is 12.1 Å². The van der Waals surface area contributed by atoms with E-state index in [9.17, 15) is 0 Å². The fraction of sp³-hybridized carbons (Fsp3) is 0.409. The van der Waals surface area contributed by atoms with Gasteiger partial charge in [-0.2, -0.15) is 0 Å². The number of aryl methyl sites for hydroxylation is 2. The van der Waals surface area contributed by atoms with Crippen molar-refractivity contribution in [2.75, 3.05) is 13.7 Å². The Morgan fingerprint density at radius 3 is 2.55 bits per heavy atom. The van der Waals surface area contributed by atoms with Crippen molar-refractivity contribution < 1.29 is 4.74 Å². The molecule has 3 aromatic rings. The SMILES string of the molecule is CO[C@]1(c2ccc(C)cc2)NCC(n2nnnc2C)C[C@H]1NCc1ccccc1. The molecule has 1 fully saturated rings. The molecule has 2 heterocycles. The third-order valence-corrected chi connectivity index (χ3v) is 5.80. The van der Waals surface area contributed by atoms with Crippen molar-refractivity contribution in [1.82, 2.24) is 30.8 Å². The summed E-state index contributed by atoms with van der Waals surface area (Å²) in [5.41, 5.74) is 2.96. The molecule has 0 spiro atoms. The molecular formula is C22H28N6O. The molecule has 2 N–H and O–H groups in total. The molecule has 1 aliphatic rings. The van der Waals surface area contributed by atoms with Crippen LogP contribution >= 0.6 is 0 Å². The van der Waals surface area contributed by atoms with Crippen LogP contribution in [0.1, 0.15) is 35.0 Å². The molecule has 2 aromatic carbocycles. The Hall–Kier alpha value is -2.61. The smallest absolute Gasteiger partial charge is 0.160 e. The van der Waals surface area contributed by atoms with Gasteiger partial charge in [-0.15, -0.1) is 5.10 Å². The first kappa shape index (κ1) is 19.7. The summed E-state index contributed by atoms with van der Waals surface area (Å²) in [7, 11) is 1.77. The molecule has 152 valence electrons. The lowest BCUT2D eigenvalue weighted by atomic mass is 9.85. The average Bonchev–Trinajstić information content (AvgIpc) is 3.19. The van der Waals surface area contributed by atoms with E-state index in [1.165, 1.54) is 11.1 Å². The number of tetrazole rings is 1. The minimum Gasteiger partial charge on any atom is -0.358 e. The highest BCUT2D eigenvalue weighted by Crippen LogP contribution is 2.35. The number of hydrogen-bond donors (Lipinski definition) is 2. The number of nitrogens with zero attached hydrogens (tertiary/aromatic N) is 4. The minimum absolute atomic E-state index is 0.0257. The first-order valence-electron chi connectivity index (χ1n) is 10.0. The topological polar surface area (TPSA) is 76.9 Å². The number of hydrogen-bond acceptors (Lipinski definition) is 6. The van der Waals surface area contributed by atoms with Crippen LogP contribution in [0.2, 0.25) is 0 Å². The highest BCUT2D eigenvalue weighted by Gasteiger charge is 2.46. The van der Waals surface area contributed by atoms with Gasteiger partial charge in [0.25, 0.3) is 0 Å². The fourth-order valence-corrected chi connectivity index (χ4v) is 4.18. The van der Waals surface area contributed by atoms with E-state index in [1.54, 1.807) is 7.11 Å². The third-order valence-electron chi connectivity index (χ3n) is 5.80. The van der Waals surface area contributed by atoms with E-state index in [1.807, 2.05) is 17.7 Å². The van der Waals surface area contributed by atoms with Gasteiger partial charge in [0.1, 0.15) is 5.82 Å². The predicted molar refractivity (Wildman–Crippen MR) is 111 cm³/mol. The van der Waals surface area contributed by atoms with E-state index in [0.717, 1.165) is 30.9 Å². The van der Waals surface area contributed by atoms with E-state index in [2.05, 4.69) is 81.6 Å². The van der Waals surface area contributed by atoms with Gasteiger partial charge in [0.15, 0.2) is 5.72 Å². The second-order valence-electron chi connectivity index (χ2n) is 7.67. The van der Waals surface area contributed by atoms with Crippen molar-refractivity contribution in [2.24, 2.45) is 0 Å². The van der Waals surface area contributed by atoms with Crippen molar-refractivity contribution in [3.63, 3.8) is 0 Å². The van der Waals surface area contributed by atoms with E-state index in [4.69, 9.17) is 4.74 Å². The number of benzene rings is 2. The van der Waals surface area contributed by atoms with Crippen LogP contribution in [-0.2, 0) is 17.0 Å². The zero-order valence-corrected chi connectivity index (χ0v) is 17.2.